The van der Waals surface area contributed by atoms with Gasteiger partial charge in [0, 0.05) is 0 Å². The molecule has 0 amide bonds. The molecule has 0 aromatic rings. The summed E-state index contributed by atoms with van der Waals surface area (Å²) >= 11 is 0. The SMILES string of the molecule is CC.CC/C(C)=C\C=C(\C)C(C)F. The second kappa shape index (κ2) is 9.50. The number of rotatable bonds is 3. The second-order valence-corrected chi connectivity index (χ2v) is 2.89. The molecule has 0 saturated heterocycles. The van der Waals surface area contributed by atoms with E-state index in [1.807, 2.05) is 39.8 Å². The maximum absolute atomic E-state index is 12.6. The summed E-state index contributed by atoms with van der Waals surface area (Å²) in [6, 6.07) is 0. The van der Waals surface area contributed by atoms with Crippen LogP contribution in [0.15, 0.2) is 23.3 Å². The van der Waals surface area contributed by atoms with Crippen LogP contribution in [0, 0.1) is 0 Å². The average molecular weight is 186 g/mol. The van der Waals surface area contributed by atoms with E-state index in [1.165, 1.54) is 5.57 Å². The van der Waals surface area contributed by atoms with Crippen LogP contribution in [0.3, 0.4) is 0 Å². The molecule has 0 aliphatic carbocycles. The molecule has 1 unspecified atom stereocenters. The molecule has 0 aromatic heterocycles. The van der Waals surface area contributed by atoms with E-state index in [0.717, 1.165) is 12.0 Å². The molecule has 0 aromatic carbocycles. The van der Waals surface area contributed by atoms with E-state index in [-0.39, 0.29) is 0 Å². The van der Waals surface area contributed by atoms with Crippen LogP contribution < -0.4 is 0 Å². The maximum Gasteiger partial charge on any atom is 0.118 e. The molecule has 0 fully saturated rings. The molecule has 0 aliphatic rings. The summed E-state index contributed by atoms with van der Waals surface area (Å²) in [7, 11) is 0. The molecule has 0 nitrogen and oxygen atoms in total. The van der Waals surface area contributed by atoms with E-state index < -0.39 is 6.17 Å². The Hall–Kier alpha value is -0.590. The van der Waals surface area contributed by atoms with Gasteiger partial charge in [-0.15, -0.1) is 0 Å². The van der Waals surface area contributed by atoms with Crippen LogP contribution in [0.4, 0.5) is 4.39 Å². The molecule has 0 heterocycles. The first-order valence-corrected chi connectivity index (χ1v) is 5.06. The molecule has 0 N–H and O–H groups in total. The second-order valence-electron chi connectivity index (χ2n) is 2.89. The van der Waals surface area contributed by atoms with Crippen molar-refractivity contribution >= 4 is 0 Å². The van der Waals surface area contributed by atoms with Gasteiger partial charge in [0.15, 0.2) is 0 Å². The van der Waals surface area contributed by atoms with Crippen LogP contribution in [0.25, 0.3) is 0 Å². The highest BCUT2D eigenvalue weighted by molar-refractivity contribution is 5.17. The molecule has 0 aliphatic heterocycles. The Kier molecular flexibility index (Phi) is 10.9. The Balaban J connectivity index is 0. The molecule has 0 spiro atoms. The fourth-order valence-corrected chi connectivity index (χ4v) is 0.524. The Morgan fingerprint density at radius 1 is 1.23 bits per heavy atom. The molecule has 0 rings (SSSR count). The Labute approximate surface area is 82.5 Å². The molecule has 0 saturated carbocycles. The molecular weight excluding hydrogens is 163 g/mol. The number of alkyl halides is 1. The van der Waals surface area contributed by atoms with Crippen molar-refractivity contribution in [3.05, 3.63) is 23.3 Å². The molecule has 1 atom stereocenters. The van der Waals surface area contributed by atoms with E-state index in [1.54, 1.807) is 6.92 Å². The lowest BCUT2D eigenvalue weighted by Crippen LogP contribution is -1.92. The number of hydrogen-bond donors (Lipinski definition) is 0. The van der Waals surface area contributed by atoms with Crippen molar-refractivity contribution in [1.82, 2.24) is 0 Å². The summed E-state index contributed by atoms with van der Waals surface area (Å²) in [4.78, 5) is 0. The van der Waals surface area contributed by atoms with Gasteiger partial charge >= 0.3 is 0 Å². The molecule has 0 radical (unpaired) electrons. The van der Waals surface area contributed by atoms with Crippen molar-refractivity contribution < 1.29 is 4.39 Å². The van der Waals surface area contributed by atoms with Crippen LogP contribution in [0.2, 0.25) is 0 Å². The fraction of sp³-hybridized carbons (Fsp3) is 0.667. The summed E-state index contributed by atoms with van der Waals surface area (Å²) in [5, 5.41) is 0. The summed E-state index contributed by atoms with van der Waals surface area (Å²) in [6.07, 6.45) is 4.04. The van der Waals surface area contributed by atoms with Crippen LogP contribution in [0.1, 0.15) is 48.0 Å². The first-order valence-electron chi connectivity index (χ1n) is 5.06. The van der Waals surface area contributed by atoms with Gasteiger partial charge in [0.05, 0.1) is 0 Å². The fourth-order valence-electron chi connectivity index (χ4n) is 0.524. The van der Waals surface area contributed by atoms with E-state index in [9.17, 15) is 4.39 Å². The molecule has 13 heavy (non-hydrogen) atoms. The zero-order valence-corrected chi connectivity index (χ0v) is 9.82. The normalized spacial score (nSPS) is 14.7. The van der Waals surface area contributed by atoms with Crippen molar-refractivity contribution in [2.24, 2.45) is 0 Å². The van der Waals surface area contributed by atoms with Crippen LogP contribution in [0.5, 0.6) is 0 Å². The first-order chi connectivity index (χ1) is 6.07. The van der Waals surface area contributed by atoms with Gasteiger partial charge in [-0.25, -0.2) is 4.39 Å². The zero-order valence-electron chi connectivity index (χ0n) is 9.82. The van der Waals surface area contributed by atoms with E-state index in [2.05, 4.69) is 6.92 Å². The summed E-state index contributed by atoms with van der Waals surface area (Å²) in [6.45, 7) is 11.5. The summed E-state index contributed by atoms with van der Waals surface area (Å²) in [5.74, 6) is 0. The molecular formula is C12H23F. The van der Waals surface area contributed by atoms with Crippen molar-refractivity contribution in [2.45, 2.75) is 54.1 Å². The standard InChI is InChI=1S/C10H17F.C2H6/c1-5-8(2)6-7-9(3)10(4)11;1-2/h6-7,10H,5H2,1-4H3;1-2H3/b8-6-,9-7-;. The summed E-state index contributed by atoms with van der Waals surface area (Å²) < 4.78 is 12.6. The van der Waals surface area contributed by atoms with Gasteiger partial charge in [0.25, 0.3) is 0 Å². The predicted octanol–water partition coefficient (Wildman–Crippen LogP) is 4.67. The van der Waals surface area contributed by atoms with Gasteiger partial charge in [-0.2, -0.15) is 0 Å². The van der Waals surface area contributed by atoms with Gasteiger partial charge in [-0.3, -0.25) is 0 Å². The lowest BCUT2D eigenvalue weighted by Gasteiger charge is -1.99. The van der Waals surface area contributed by atoms with Crippen LogP contribution in [-0.4, -0.2) is 6.17 Å². The van der Waals surface area contributed by atoms with Gasteiger partial charge in [0.1, 0.15) is 6.17 Å². The van der Waals surface area contributed by atoms with Gasteiger partial charge in [-0.05, 0) is 32.8 Å². The lowest BCUT2D eigenvalue weighted by molar-refractivity contribution is 0.411. The quantitative estimate of drug-likeness (QED) is 0.562. The number of hydrogen-bond acceptors (Lipinski definition) is 0. The van der Waals surface area contributed by atoms with Gasteiger partial charge in [-0.1, -0.05) is 38.5 Å². The minimum Gasteiger partial charge on any atom is -0.243 e. The van der Waals surface area contributed by atoms with Crippen molar-refractivity contribution in [1.29, 1.82) is 0 Å². The third-order valence-corrected chi connectivity index (χ3v) is 1.82. The molecule has 0 bridgehead atoms. The van der Waals surface area contributed by atoms with Gasteiger partial charge < -0.3 is 0 Å². The molecule has 1 heteroatoms. The minimum absolute atomic E-state index is 0.790. The minimum atomic E-state index is -0.823. The van der Waals surface area contributed by atoms with Crippen molar-refractivity contribution in [3.8, 4) is 0 Å². The summed E-state index contributed by atoms with van der Waals surface area (Å²) in [5.41, 5.74) is 2.07. The van der Waals surface area contributed by atoms with Gasteiger partial charge in [0.2, 0.25) is 0 Å². The van der Waals surface area contributed by atoms with Crippen LogP contribution in [-0.2, 0) is 0 Å². The average Bonchev–Trinajstić information content (AvgIpc) is 2.16. The monoisotopic (exact) mass is 186 g/mol. The predicted molar refractivity (Wildman–Crippen MR) is 59.7 cm³/mol. The lowest BCUT2D eigenvalue weighted by atomic mass is 10.1. The highest BCUT2D eigenvalue weighted by Crippen LogP contribution is 2.06. The zero-order chi connectivity index (χ0) is 10.9. The Bertz CT molecular complexity index is 164. The molecule has 78 valence electrons. The van der Waals surface area contributed by atoms with E-state index in [0.29, 0.717) is 0 Å². The van der Waals surface area contributed by atoms with E-state index in [4.69, 9.17) is 0 Å². The highest BCUT2D eigenvalue weighted by atomic mass is 19.1. The van der Waals surface area contributed by atoms with Crippen molar-refractivity contribution in [3.63, 3.8) is 0 Å². The number of allylic oxidation sites excluding steroid dienone is 4. The first kappa shape index (κ1) is 14.9. The largest absolute Gasteiger partial charge is 0.243 e. The third kappa shape index (κ3) is 9.32. The highest BCUT2D eigenvalue weighted by Gasteiger charge is 1.97. The topological polar surface area (TPSA) is 0 Å². The third-order valence-electron chi connectivity index (χ3n) is 1.82. The van der Waals surface area contributed by atoms with E-state index >= 15 is 0 Å². The Morgan fingerprint density at radius 2 is 1.69 bits per heavy atom. The maximum atomic E-state index is 12.6. The number of halogens is 1. The van der Waals surface area contributed by atoms with Crippen LogP contribution >= 0.6 is 0 Å². The van der Waals surface area contributed by atoms with Crippen molar-refractivity contribution in [2.75, 3.05) is 0 Å². The smallest absolute Gasteiger partial charge is 0.118 e. The Morgan fingerprint density at radius 3 is 2.00 bits per heavy atom.